The van der Waals surface area contributed by atoms with Crippen molar-refractivity contribution < 1.29 is 0 Å². The molecular formula is C20H41N. The van der Waals surface area contributed by atoms with Crippen LogP contribution < -0.4 is 5.73 Å². The van der Waals surface area contributed by atoms with E-state index in [4.69, 9.17) is 5.73 Å². The third-order valence-electron chi connectivity index (χ3n) is 4.08. The van der Waals surface area contributed by atoms with Gasteiger partial charge in [0, 0.05) is 5.54 Å². The van der Waals surface area contributed by atoms with Gasteiger partial charge in [-0.1, -0.05) is 76.9 Å². The van der Waals surface area contributed by atoms with Crippen LogP contribution in [0.3, 0.4) is 0 Å². The monoisotopic (exact) mass is 295 g/mol. The Morgan fingerprint density at radius 3 is 1.57 bits per heavy atom. The SMILES string of the molecule is CCCCCCCC/C=C\CCCCCCCC(C)(C)N. The molecular weight excluding hydrogens is 254 g/mol. The Kier molecular flexibility index (Phi) is 14.4. The van der Waals surface area contributed by atoms with E-state index < -0.39 is 0 Å². The summed E-state index contributed by atoms with van der Waals surface area (Å²) >= 11 is 0. The van der Waals surface area contributed by atoms with Crippen molar-refractivity contribution in [2.45, 2.75) is 116 Å². The van der Waals surface area contributed by atoms with Crippen LogP contribution in [0.15, 0.2) is 12.2 Å². The second-order valence-corrected chi connectivity index (χ2v) is 7.32. The standard InChI is InChI=1S/C20H41N/c1-4-5-6-7-8-9-10-11-12-13-14-15-16-17-18-19-20(2,3)21/h11-12H,4-10,13-19,21H2,1-3H3/b12-11-. The van der Waals surface area contributed by atoms with Gasteiger partial charge in [0.05, 0.1) is 0 Å². The highest BCUT2D eigenvalue weighted by atomic mass is 14.7. The second-order valence-electron chi connectivity index (χ2n) is 7.32. The lowest BCUT2D eigenvalue weighted by Gasteiger charge is -2.17. The number of hydrogen-bond donors (Lipinski definition) is 1. The molecule has 0 aliphatic rings. The number of hydrogen-bond acceptors (Lipinski definition) is 1. The molecule has 0 saturated carbocycles. The molecule has 0 aliphatic carbocycles. The smallest absolute Gasteiger partial charge is 0.00970 e. The molecule has 1 heteroatoms. The van der Waals surface area contributed by atoms with Crippen LogP contribution in [0.2, 0.25) is 0 Å². The Morgan fingerprint density at radius 2 is 1.10 bits per heavy atom. The molecule has 0 amide bonds. The molecule has 0 radical (unpaired) electrons. The average Bonchev–Trinajstić information content (AvgIpc) is 2.42. The molecule has 126 valence electrons. The zero-order chi connectivity index (χ0) is 15.8. The van der Waals surface area contributed by atoms with Gasteiger partial charge >= 0.3 is 0 Å². The highest BCUT2D eigenvalue weighted by Gasteiger charge is 2.08. The first-order chi connectivity index (χ1) is 10.1. The predicted molar refractivity (Wildman–Crippen MR) is 97.7 cm³/mol. The Morgan fingerprint density at radius 1 is 0.667 bits per heavy atom. The lowest BCUT2D eigenvalue weighted by atomic mass is 9.97. The van der Waals surface area contributed by atoms with E-state index in [9.17, 15) is 0 Å². The van der Waals surface area contributed by atoms with Gasteiger partial charge in [-0.3, -0.25) is 0 Å². The van der Waals surface area contributed by atoms with Crippen LogP contribution in [0.5, 0.6) is 0 Å². The van der Waals surface area contributed by atoms with Crippen LogP contribution in [0, 0.1) is 0 Å². The van der Waals surface area contributed by atoms with Crippen LogP contribution >= 0.6 is 0 Å². The molecule has 0 bridgehead atoms. The minimum Gasteiger partial charge on any atom is -0.326 e. The zero-order valence-corrected chi connectivity index (χ0v) is 15.1. The third-order valence-corrected chi connectivity index (χ3v) is 4.08. The Labute approximate surface area is 134 Å². The van der Waals surface area contributed by atoms with E-state index in [-0.39, 0.29) is 5.54 Å². The van der Waals surface area contributed by atoms with Crippen molar-refractivity contribution in [1.29, 1.82) is 0 Å². The molecule has 1 nitrogen and oxygen atoms in total. The van der Waals surface area contributed by atoms with Crippen molar-refractivity contribution in [1.82, 2.24) is 0 Å². The average molecular weight is 296 g/mol. The fourth-order valence-electron chi connectivity index (χ4n) is 2.65. The van der Waals surface area contributed by atoms with Crippen molar-refractivity contribution >= 4 is 0 Å². The van der Waals surface area contributed by atoms with Gasteiger partial charge in [0.2, 0.25) is 0 Å². The summed E-state index contributed by atoms with van der Waals surface area (Å²) in [7, 11) is 0. The largest absolute Gasteiger partial charge is 0.326 e. The summed E-state index contributed by atoms with van der Waals surface area (Å²) in [6.07, 6.45) is 23.7. The van der Waals surface area contributed by atoms with E-state index in [1.54, 1.807) is 0 Å². The van der Waals surface area contributed by atoms with E-state index in [2.05, 4.69) is 32.9 Å². The van der Waals surface area contributed by atoms with E-state index >= 15 is 0 Å². The number of allylic oxidation sites excluding steroid dienone is 2. The molecule has 0 aromatic rings. The topological polar surface area (TPSA) is 26.0 Å². The summed E-state index contributed by atoms with van der Waals surface area (Å²) < 4.78 is 0. The van der Waals surface area contributed by atoms with Gasteiger partial charge in [-0.2, -0.15) is 0 Å². The van der Waals surface area contributed by atoms with Gasteiger partial charge in [-0.05, 0) is 46.0 Å². The molecule has 0 saturated heterocycles. The summed E-state index contributed by atoms with van der Waals surface area (Å²) in [5, 5.41) is 0. The van der Waals surface area contributed by atoms with E-state index in [1.165, 1.54) is 83.5 Å². The normalized spacial score (nSPS) is 12.4. The molecule has 0 fully saturated rings. The maximum absolute atomic E-state index is 5.98. The molecule has 0 unspecified atom stereocenters. The molecule has 0 atom stereocenters. The Bertz CT molecular complexity index is 224. The molecule has 0 aromatic carbocycles. The summed E-state index contributed by atoms with van der Waals surface area (Å²) in [4.78, 5) is 0. The minimum atomic E-state index is 0.0271. The highest BCUT2D eigenvalue weighted by Crippen LogP contribution is 2.13. The second kappa shape index (κ2) is 14.6. The van der Waals surface area contributed by atoms with Crippen LogP contribution in [0.1, 0.15) is 111 Å². The number of rotatable bonds is 15. The number of nitrogens with two attached hydrogens (primary N) is 1. The van der Waals surface area contributed by atoms with Gasteiger partial charge in [0.15, 0.2) is 0 Å². The molecule has 0 aromatic heterocycles. The lowest BCUT2D eigenvalue weighted by Crippen LogP contribution is -2.31. The quantitative estimate of drug-likeness (QED) is 0.262. The predicted octanol–water partition coefficient (Wildman–Crippen LogP) is 6.76. The first-order valence-electron chi connectivity index (χ1n) is 9.50. The van der Waals surface area contributed by atoms with Crippen molar-refractivity contribution in [3.8, 4) is 0 Å². The minimum absolute atomic E-state index is 0.0271. The molecule has 0 aliphatic heterocycles. The van der Waals surface area contributed by atoms with Crippen molar-refractivity contribution in [2.24, 2.45) is 5.73 Å². The maximum Gasteiger partial charge on any atom is 0.00970 e. The third kappa shape index (κ3) is 19.7. The van der Waals surface area contributed by atoms with Crippen LogP contribution in [-0.4, -0.2) is 5.54 Å². The first-order valence-corrected chi connectivity index (χ1v) is 9.50. The van der Waals surface area contributed by atoms with Gasteiger partial charge in [-0.25, -0.2) is 0 Å². The molecule has 21 heavy (non-hydrogen) atoms. The molecule has 0 rings (SSSR count). The van der Waals surface area contributed by atoms with E-state index in [0.717, 1.165) is 6.42 Å². The fourth-order valence-corrected chi connectivity index (χ4v) is 2.65. The first kappa shape index (κ1) is 20.7. The van der Waals surface area contributed by atoms with E-state index in [1.807, 2.05) is 0 Å². The number of unbranched alkanes of at least 4 members (excludes halogenated alkanes) is 11. The van der Waals surface area contributed by atoms with Gasteiger partial charge in [0.25, 0.3) is 0 Å². The van der Waals surface area contributed by atoms with Crippen molar-refractivity contribution in [3.63, 3.8) is 0 Å². The lowest BCUT2D eigenvalue weighted by molar-refractivity contribution is 0.442. The molecule has 2 N–H and O–H groups in total. The van der Waals surface area contributed by atoms with Crippen LogP contribution in [-0.2, 0) is 0 Å². The van der Waals surface area contributed by atoms with Crippen LogP contribution in [0.4, 0.5) is 0 Å². The van der Waals surface area contributed by atoms with E-state index in [0.29, 0.717) is 0 Å². The summed E-state index contributed by atoms with van der Waals surface area (Å²) in [6.45, 7) is 6.53. The Balaban J connectivity index is 3.12. The van der Waals surface area contributed by atoms with Crippen molar-refractivity contribution in [2.75, 3.05) is 0 Å². The molecule has 0 spiro atoms. The van der Waals surface area contributed by atoms with Crippen LogP contribution in [0.25, 0.3) is 0 Å². The van der Waals surface area contributed by atoms with Gasteiger partial charge in [0.1, 0.15) is 0 Å². The maximum atomic E-state index is 5.98. The summed E-state index contributed by atoms with van der Waals surface area (Å²) in [6, 6.07) is 0. The van der Waals surface area contributed by atoms with Crippen molar-refractivity contribution in [3.05, 3.63) is 12.2 Å². The molecule has 0 heterocycles. The Hall–Kier alpha value is -0.300. The zero-order valence-electron chi connectivity index (χ0n) is 15.1. The summed E-state index contributed by atoms with van der Waals surface area (Å²) in [5.74, 6) is 0. The van der Waals surface area contributed by atoms with Gasteiger partial charge in [-0.15, -0.1) is 0 Å². The fraction of sp³-hybridized carbons (Fsp3) is 0.900. The highest BCUT2D eigenvalue weighted by molar-refractivity contribution is 4.81. The summed E-state index contributed by atoms with van der Waals surface area (Å²) in [5.41, 5.74) is 6.01. The van der Waals surface area contributed by atoms with Gasteiger partial charge < -0.3 is 5.73 Å².